The second kappa shape index (κ2) is 7.21. The molecule has 2 atom stereocenters. The first kappa shape index (κ1) is 15.5. The van der Waals surface area contributed by atoms with E-state index < -0.39 is 6.10 Å². The maximum Gasteiger partial charge on any atom is 0.222 e. The quantitative estimate of drug-likeness (QED) is 0.828. The number of likely N-dealkylation sites (N-methyl/N-ethyl adjacent to an activating group) is 1. The summed E-state index contributed by atoms with van der Waals surface area (Å²) in [7, 11) is 1.78. The predicted octanol–water partition coefficient (Wildman–Crippen LogP) is 0.530. The Morgan fingerprint density at radius 2 is 2.33 bits per heavy atom. The minimum atomic E-state index is -0.422. The molecule has 0 radical (unpaired) electrons. The van der Waals surface area contributed by atoms with E-state index in [0.717, 1.165) is 12.0 Å². The molecule has 2 N–H and O–H groups in total. The van der Waals surface area contributed by atoms with Crippen LogP contribution in [0, 0.1) is 17.2 Å². The van der Waals surface area contributed by atoms with Crippen molar-refractivity contribution in [3.8, 4) is 6.07 Å². The summed E-state index contributed by atoms with van der Waals surface area (Å²) in [4.78, 5) is 13.8. The number of hydrogen-bond acceptors (Lipinski definition) is 4. The van der Waals surface area contributed by atoms with Crippen molar-refractivity contribution in [2.75, 3.05) is 26.7 Å². The zero-order valence-electron chi connectivity index (χ0n) is 12.2. The number of β-amino-alcohol motifs (C(OH)–C–C–N with tert-alkyl or cyclic N) is 1. The molecule has 5 nitrogen and oxygen atoms in total. The van der Waals surface area contributed by atoms with E-state index in [2.05, 4.69) is 11.4 Å². The molecule has 112 valence electrons. The van der Waals surface area contributed by atoms with E-state index in [1.54, 1.807) is 18.0 Å². The van der Waals surface area contributed by atoms with Gasteiger partial charge in [-0.05, 0) is 24.1 Å². The van der Waals surface area contributed by atoms with E-state index in [1.807, 2.05) is 18.2 Å². The fourth-order valence-electron chi connectivity index (χ4n) is 2.53. The van der Waals surface area contributed by atoms with E-state index >= 15 is 0 Å². The zero-order valence-corrected chi connectivity index (χ0v) is 12.2. The molecule has 1 saturated heterocycles. The van der Waals surface area contributed by atoms with Crippen LogP contribution in [-0.4, -0.2) is 48.7 Å². The third-order valence-corrected chi connectivity index (χ3v) is 3.96. The third-order valence-electron chi connectivity index (χ3n) is 3.96. The van der Waals surface area contributed by atoms with Gasteiger partial charge in [-0.1, -0.05) is 12.1 Å². The number of nitriles is 1. The highest BCUT2D eigenvalue weighted by molar-refractivity contribution is 5.76. The first-order valence-corrected chi connectivity index (χ1v) is 7.22. The molecule has 1 heterocycles. The van der Waals surface area contributed by atoms with Gasteiger partial charge in [0.25, 0.3) is 0 Å². The van der Waals surface area contributed by atoms with Crippen molar-refractivity contribution in [3.05, 3.63) is 35.4 Å². The highest BCUT2D eigenvalue weighted by atomic mass is 16.3. The molecule has 0 aromatic heterocycles. The van der Waals surface area contributed by atoms with Gasteiger partial charge in [-0.15, -0.1) is 0 Å². The molecule has 5 heteroatoms. The minimum Gasteiger partial charge on any atom is -0.391 e. The van der Waals surface area contributed by atoms with Gasteiger partial charge in [0.2, 0.25) is 5.91 Å². The van der Waals surface area contributed by atoms with E-state index in [1.165, 1.54) is 0 Å². The fourth-order valence-corrected chi connectivity index (χ4v) is 2.53. The van der Waals surface area contributed by atoms with Crippen LogP contribution in [0.25, 0.3) is 0 Å². The lowest BCUT2D eigenvalue weighted by Crippen LogP contribution is -2.32. The van der Waals surface area contributed by atoms with Crippen LogP contribution in [-0.2, 0) is 11.2 Å². The van der Waals surface area contributed by atoms with E-state index in [4.69, 9.17) is 5.26 Å². The lowest BCUT2D eigenvalue weighted by atomic mass is 10.0. The highest BCUT2D eigenvalue weighted by Crippen LogP contribution is 2.14. The van der Waals surface area contributed by atoms with Crippen LogP contribution in [0.5, 0.6) is 0 Å². The average molecular weight is 287 g/mol. The largest absolute Gasteiger partial charge is 0.391 e. The number of aliphatic hydroxyl groups excluding tert-OH is 1. The van der Waals surface area contributed by atoms with Crippen LogP contribution in [0.15, 0.2) is 24.3 Å². The molecular weight excluding hydrogens is 266 g/mol. The Bertz CT molecular complexity index is 539. The lowest BCUT2D eigenvalue weighted by Gasteiger charge is -2.20. The molecule has 1 aromatic rings. The van der Waals surface area contributed by atoms with Crippen LogP contribution in [0.3, 0.4) is 0 Å². The molecule has 1 fully saturated rings. The van der Waals surface area contributed by atoms with Gasteiger partial charge in [-0.25, -0.2) is 0 Å². The second-order valence-corrected chi connectivity index (χ2v) is 5.57. The summed E-state index contributed by atoms with van der Waals surface area (Å²) in [6.45, 7) is 1.89. The Morgan fingerprint density at radius 1 is 1.52 bits per heavy atom. The lowest BCUT2D eigenvalue weighted by molar-refractivity contribution is -0.131. The summed E-state index contributed by atoms with van der Waals surface area (Å²) in [6, 6.07) is 9.56. The molecule has 0 aliphatic carbocycles. The second-order valence-electron chi connectivity index (χ2n) is 5.57. The zero-order chi connectivity index (χ0) is 15.2. The molecule has 0 saturated carbocycles. The van der Waals surface area contributed by atoms with Gasteiger partial charge in [0.15, 0.2) is 0 Å². The van der Waals surface area contributed by atoms with Crippen LogP contribution < -0.4 is 5.32 Å². The normalized spacial score (nSPS) is 21.0. The Morgan fingerprint density at radius 3 is 3.00 bits per heavy atom. The third kappa shape index (κ3) is 4.28. The van der Waals surface area contributed by atoms with Crippen molar-refractivity contribution in [3.63, 3.8) is 0 Å². The molecule has 0 spiro atoms. The molecule has 0 unspecified atom stereocenters. The summed E-state index contributed by atoms with van der Waals surface area (Å²) in [5.41, 5.74) is 1.69. The minimum absolute atomic E-state index is 0.0156. The molecule has 2 rings (SSSR count). The number of nitrogens with one attached hydrogen (secondary N) is 1. The Kier molecular flexibility index (Phi) is 5.32. The summed E-state index contributed by atoms with van der Waals surface area (Å²) >= 11 is 0. The molecule has 1 aromatic carbocycles. The fraction of sp³-hybridized carbons (Fsp3) is 0.500. The summed E-state index contributed by atoms with van der Waals surface area (Å²) in [5.74, 6) is 0.0704. The molecule has 1 amide bonds. The number of carbonyl (C=O) groups is 1. The monoisotopic (exact) mass is 287 g/mol. The van der Waals surface area contributed by atoms with Crippen molar-refractivity contribution in [1.82, 2.24) is 10.2 Å². The van der Waals surface area contributed by atoms with Gasteiger partial charge in [0, 0.05) is 39.0 Å². The first-order chi connectivity index (χ1) is 10.1. The van der Waals surface area contributed by atoms with Crippen LogP contribution in [0.1, 0.15) is 17.5 Å². The van der Waals surface area contributed by atoms with E-state index in [-0.39, 0.29) is 11.8 Å². The van der Waals surface area contributed by atoms with Gasteiger partial charge >= 0.3 is 0 Å². The first-order valence-electron chi connectivity index (χ1n) is 7.22. The predicted molar refractivity (Wildman–Crippen MR) is 79.5 cm³/mol. The maximum absolute atomic E-state index is 12.1. The number of rotatable bonds is 5. The van der Waals surface area contributed by atoms with E-state index in [0.29, 0.717) is 31.6 Å². The van der Waals surface area contributed by atoms with Gasteiger partial charge in [-0.3, -0.25) is 4.79 Å². The molecule has 1 aliphatic heterocycles. The van der Waals surface area contributed by atoms with Crippen LogP contribution in [0.4, 0.5) is 0 Å². The van der Waals surface area contributed by atoms with Crippen molar-refractivity contribution < 1.29 is 9.90 Å². The van der Waals surface area contributed by atoms with Crippen molar-refractivity contribution in [2.45, 2.75) is 18.9 Å². The highest BCUT2D eigenvalue weighted by Gasteiger charge is 2.27. The Balaban J connectivity index is 1.82. The Labute approximate surface area is 125 Å². The van der Waals surface area contributed by atoms with Crippen LogP contribution in [0.2, 0.25) is 0 Å². The molecule has 21 heavy (non-hydrogen) atoms. The van der Waals surface area contributed by atoms with Crippen LogP contribution >= 0.6 is 0 Å². The number of amides is 1. The summed E-state index contributed by atoms with van der Waals surface area (Å²) < 4.78 is 0. The number of carbonyl (C=O) groups excluding carboxylic acids is 1. The van der Waals surface area contributed by atoms with Crippen molar-refractivity contribution >= 4 is 5.91 Å². The number of benzene rings is 1. The Hall–Kier alpha value is -1.90. The molecule has 1 aliphatic rings. The number of nitrogens with zero attached hydrogens (tertiary/aromatic N) is 2. The van der Waals surface area contributed by atoms with Gasteiger partial charge in [0.1, 0.15) is 0 Å². The molecule has 0 bridgehead atoms. The smallest absolute Gasteiger partial charge is 0.222 e. The number of hydrogen-bond donors (Lipinski definition) is 2. The van der Waals surface area contributed by atoms with Gasteiger partial charge in [0.05, 0.1) is 17.7 Å². The maximum atomic E-state index is 12.1. The topological polar surface area (TPSA) is 76.4 Å². The van der Waals surface area contributed by atoms with Gasteiger partial charge in [-0.2, -0.15) is 5.26 Å². The van der Waals surface area contributed by atoms with E-state index in [9.17, 15) is 9.90 Å². The van der Waals surface area contributed by atoms with Crippen molar-refractivity contribution in [1.29, 1.82) is 5.26 Å². The molecular formula is C16H21N3O2. The summed E-state index contributed by atoms with van der Waals surface area (Å²) in [5, 5.41) is 21.7. The standard InChI is InChI=1S/C16H21N3O2/c1-19(16(21)8-14-10-18-11-15(14)20)6-5-12-3-2-4-13(7-12)9-17/h2-4,7,14-15,18,20H,5-6,8,10-11H2,1H3/t14-,15-/m1/s1. The van der Waals surface area contributed by atoms with Gasteiger partial charge < -0.3 is 15.3 Å². The van der Waals surface area contributed by atoms with Crippen molar-refractivity contribution in [2.24, 2.45) is 5.92 Å². The SMILES string of the molecule is CN(CCc1cccc(C#N)c1)C(=O)C[C@@H]1CNC[C@H]1O. The number of aliphatic hydroxyl groups is 1. The summed E-state index contributed by atoms with van der Waals surface area (Å²) in [6.07, 6.45) is 0.682. The average Bonchev–Trinajstić information content (AvgIpc) is 2.90.